The van der Waals surface area contributed by atoms with Crippen LogP contribution < -0.4 is 10.2 Å². The highest BCUT2D eigenvalue weighted by Crippen LogP contribution is 2.21. The smallest absolute Gasteiger partial charge is 0.0637 e. The normalized spacial score (nSPS) is 11.7. The van der Waals surface area contributed by atoms with Crippen molar-refractivity contribution in [2.45, 2.75) is 39.8 Å². The molecule has 0 aliphatic rings. The summed E-state index contributed by atoms with van der Waals surface area (Å²) >= 11 is 0. The molecule has 0 spiro atoms. The van der Waals surface area contributed by atoms with Gasteiger partial charge in [-0.3, -0.25) is 0 Å². The summed E-state index contributed by atoms with van der Waals surface area (Å²) < 4.78 is 5.15. The molecule has 0 heterocycles. The fraction of sp³-hybridized carbons (Fsp3) is 0.625. The van der Waals surface area contributed by atoms with E-state index in [9.17, 15) is 0 Å². The molecular formula is C16H28N2O. The average molecular weight is 264 g/mol. The van der Waals surface area contributed by atoms with Gasteiger partial charge in [-0.2, -0.15) is 0 Å². The Morgan fingerprint density at radius 2 is 1.95 bits per heavy atom. The maximum Gasteiger partial charge on any atom is 0.0637 e. The van der Waals surface area contributed by atoms with E-state index in [1.54, 1.807) is 7.11 Å². The highest BCUT2D eigenvalue weighted by molar-refractivity contribution is 5.54. The molecule has 0 saturated heterocycles. The zero-order valence-electron chi connectivity index (χ0n) is 13.2. The van der Waals surface area contributed by atoms with Crippen LogP contribution in [0.2, 0.25) is 0 Å². The summed E-state index contributed by atoms with van der Waals surface area (Å²) in [5.41, 5.74) is 4.05. The van der Waals surface area contributed by atoms with Crippen LogP contribution in [0.25, 0.3) is 0 Å². The van der Waals surface area contributed by atoms with E-state index in [-0.39, 0.29) is 5.54 Å². The standard InChI is InChI=1S/C16H28N2O/c1-13-7-8-15(18(5)9-10-19-6)14(11-13)12-17-16(2,3)4/h7-8,11,17H,9-10,12H2,1-6H3. The molecule has 0 aliphatic heterocycles. The van der Waals surface area contributed by atoms with Crippen molar-refractivity contribution in [2.75, 3.05) is 32.2 Å². The molecule has 1 rings (SSSR count). The van der Waals surface area contributed by atoms with Crippen LogP contribution in [0.15, 0.2) is 18.2 Å². The minimum Gasteiger partial charge on any atom is -0.383 e. The van der Waals surface area contributed by atoms with Crippen molar-refractivity contribution in [3.63, 3.8) is 0 Å². The lowest BCUT2D eigenvalue weighted by molar-refractivity contribution is 0.206. The van der Waals surface area contributed by atoms with Crippen LogP contribution in [0.3, 0.4) is 0 Å². The van der Waals surface area contributed by atoms with Crippen molar-refractivity contribution in [3.05, 3.63) is 29.3 Å². The molecule has 1 N–H and O–H groups in total. The van der Waals surface area contributed by atoms with Crippen molar-refractivity contribution in [2.24, 2.45) is 0 Å². The van der Waals surface area contributed by atoms with Gasteiger partial charge < -0.3 is 15.0 Å². The third-order valence-corrected chi connectivity index (χ3v) is 3.09. The fourth-order valence-electron chi connectivity index (χ4n) is 1.94. The summed E-state index contributed by atoms with van der Waals surface area (Å²) in [6.45, 7) is 11.3. The van der Waals surface area contributed by atoms with Gasteiger partial charge in [0.05, 0.1) is 6.61 Å². The van der Waals surface area contributed by atoms with Crippen LogP contribution in [0.1, 0.15) is 31.9 Å². The van der Waals surface area contributed by atoms with Crippen LogP contribution >= 0.6 is 0 Å². The Bertz CT molecular complexity index is 396. The maximum absolute atomic E-state index is 5.15. The zero-order chi connectivity index (χ0) is 14.5. The van der Waals surface area contributed by atoms with Gasteiger partial charge in [0, 0.05) is 38.5 Å². The molecule has 0 aliphatic carbocycles. The number of nitrogens with zero attached hydrogens (tertiary/aromatic N) is 1. The van der Waals surface area contributed by atoms with Gasteiger partial charge in [0.2, 0.25) is 0 Å². The first-order valence-electron chi connectivity index (χ1n) is 6.88. The Kier molecular flexibility index (Phi) is 5.83. The number of rotatable bonds is 6. The lowest BCUT2D eigenvalue weighted by Gasteiger charge is -2.26. The van der Waals surface area contributed by atoms with Crippen molar-refractivity contribution in [1.82, 2.24) is 5.32 Å². The molecule has 108 valence electrons. The van der Waals surface area contributed by atoms with Gasteiger partial charge in [0.15, 0.2) is 0 Å². The van der Waals surface area contributed by atoms with Crippen molar-refractivity contribution in [3.8, 4) is 0 Å². The molecular weight excluding hydrogens is 236 g/mol. The highest BCUT2D eigenvalue weighted by atomic mass is 16.5. The molecule has 0 unspecified atom stereocenters. The quantitative estimate of drug-likeness (QED) is 0.855. The summed E-state index contributed by atoms with van der Waals surface area (Å²) in [6.07, 6.45) is 0. The molecule has 1 aromatic carbocycles. The zero-order valence-corrected chi connectivity index (χ0v) is 13.2. The molecule has 0 radical (unpaired) electrons. The van der Waals surface area contributed by atoms with Crippen LogP contribution in [-0.2, 0) is 11.3 Å². The number of hydrogen-bond donors (Lipinski definition) is 1. The van der Waals surface area contributed by atoms with Gasteiger partial charge >= 0.3 is 0 Å². The summed E-state index contributed by atoms with van der Waals surface area (Å²) in [5.74, 6) is 0. The van der Waals surface area contributed by atoms with E-state index < -0.39 is 0 Å². The Labute approximate surface area is 118 Å². The SMILES string of the molecule is COCCN(C)c1ccc(C)cc1CNC(C)(C)C. The maximum atomic E-state index is 5.15. The second-order valence-corrected chi connectivity index (χ2v) is 6.15. The van der Waals surface area contributed by atoms with Gasteiger partial charge in [-0.05, 0) is 39.3 Å². The Hall–Kier alpha value is -1.06. The van der Waals surface area contributed by atoms with E-state index in [1.165, 1.54) is 16.8 Å². The van der Waals surface area contributed by atoms with Crippen LogP contribution in [-0.4, -0.2) is 32.8 Å². The van der Waals surface area contributed by atoms with Crippen molar-refractivity contribution >= 4 is 5.69 Å². The van der Waals surface area contributed by atoms with E-state index in [4.69, 9.17) is 4.74 Å². The van der Waals surface area contributed by atoms with Crippen molar-refractivity contribution < 1.29 is 4.74 Å². The molecule has 0 atom stereocenters. The molecule has 1 aromatic rings. The first-order valence-corrected chi connectivity index (χ1v) is 6.88. The number of ether oxygens (including phenoxy) is 1. The monoisotopic (exact) mass is 264 g/mol. The molecule has 0 fully saturated rings. The Balaban J connectivity index is 2.85. The van der Waals surface area contributed by atoms with Gasteiger partial charge in [-0.15, -0.1) is 0 Å². The second kappa shape index (κ2) is 6.92. The second-order valence-electron chi connectivity index (χ2n) is 6.15. The number of anilines is 1. The van der Waals surface area contributed by atoms with Crippen molar-refractivity contribution in [1.29, 1.82) is 0 Å². The number of methoxy groups -OCH3 is 1. The topological polar surface area (TPSA) is 24.5 Å². The summed E-state index contributed by atoms with van der Waals surface area (Å²) in [6, 6.07) is 6.63. The summed E-state index contributed by atoms with van der Waals surface area (Å²) in [5, 5.41) is 3.56. The average Bonchev–Trinajstić information content (AvgIpc) is 2.32. The summed E-state index contributed by atoms with van der Waals surface area (Å²) in [7, 11) is 3.86. The van der Waals surface area contributed by atoms with Gasteiger partial charge in [-0.1, -0.05) is 17.7 Å². The predicted octanol–water partition coefficient (Wildman–Crippen LogP) is 2.97. The molecule has 19 heavy (non-hydrogen) atoms. The van der Waals surface area contributed by atoms with Gasteiger partial charge in [0.1, 0.15) is 0 Å². The lowest BCUT2D eigenvalue weighted by Crippen LogP contribution is -2.35. The van der Waals surface area contributed by atoms with Crippen LogP contribution in [0, 0.1) is 6.92 Å². The van der Waals surface area contributed by atoms with E-state index in [0.717, 1.165) is 19.7 Å². The fourth-order valence-corrected chi connectivity index (χ4v) is 1.94. The third kappa shape index (κ3) is 5.62. The molecule has 3 heteroatoms. The number of benzene rings is 1. The largest absolute Gasteiger partial charge is 0.383 e. The van der Waals surface area contributed by atoms with E-state index in [1.807, 2.05) is 0 Å². The third-order valence-electron chi connectivity index (χ3n) is 3.09. The lowest BCUT2D eigenvalue weighted by atomic mass is 10.1. The molecule has 0 aromatic heterocycles. The summed E-state index contributed by atoms with van der Waals surface area (Å²) in [4.78, 5) is 2.25. The number of likely N-dealkylation sites (N-methyl/N-ethyl adjacent to an activating group) is 1. The minimum atomic E-state index is 0.131. The number of hydrogen-bond acceptors (Lipinski definition) is 3. The van der Waals surface area contributed by atoms with Gasteiger partial charge in [-0.25, -0.2) is 0 Å². The first-order chi connectivity index (χ1) is 8.83. The van der Waals surface area contributed by atoms with Crippen LogP contribution in [0.5, 0.6) is 0 Å². The van der Waals surface area contributed by atoms with E-state index in [0.29, 0.717) is 0 Å². The van der Waals surface area contributed by atoms with E-state index >= 15 is 0 Å². The number of aryl methyl sites for hydroxylation is 1. The van der Waals surface area contributed by atoms with E-state index in [2.05, 4.69) is 63.2 Å². The molecule has 0 saturated carbocycles. The first kappa shape index (κ1) is 16.0. The molecule has 0 amide bonds. The Morgan fingerprint density at radius 1 is 1.26 bits per heavy atom. The predicted molar refractivity (Wildman–Crippen MR) is 82.9 cm³/mol. The Morgan fingerprint density at radius 3 is 2.53 bits per heavy atom. The number of nitrogens with one attached hydrogen (secondary N) is 1. The van der Waals surface area contributed by atoms with Gasteiger partial charge in [0.25, 0.3) is 0 Å². The molecule has 3 nitrogen and oxygen atoms in total. The highest BCUT2D eigenvalue weighted by Gasteiger charge is 2.12. The van der Waals surface area contributed by atoms with Crippen LogP contribution in [0.4, 0.5) is 5.69 Å². The minimum absolute atomic E-state index is 0.131. The molecule has 0 bridgehead atoms.